The predicted molar refractivity (Wildman–Crippen MR) is 158 cm³/mol. The number of hydrogen-bond acceptors (Lipinski definition) is 6. The number of ether oxygens (including phenoxy) is 1. The standard InChI is InChI=1S/C31H26N4O5S/c1-3-25(20-6-4-7-23(14-20)34-41(2,38)39)29-26-8-5-13-32-30(26)40-18-22-16-28-21(15-27(22)29)17-33-35(28)24-11-9-19(10-12-24)31(36)37/h4-17,34H,3,18H2,1-2H3,(H,36,37)/b29-25+. The highest BCUT2D eigenvalue weighted by Crippen LogP contribution is 2.43. The fourth-order valence-electron chi connectivity index (χ4n) is 5.24. The minimum absolute atomic E-state index is 0.204. The highest BCUT2D eigenvalue weighted by atomic mass is 32.2. The van der Waals surface area contributed by atoms with E-state index in [1.807, 2.05) is 36.4 Å². The van der Waals surface area contributed by atoms with Gasteiger partial charge in [0.25, 0.3) is 0 Å². The molecule has 1 aliphatic heterocycles. The van der Waals surface area contributed by atoms with Gasteiger partial charge in [-0.1, -0.05) is 19.1 Å². The summed E-state index contributed by atoms with van der Waals surface area (Å²) in [4.78, 5) is 15.8. The first-order chi connectivity index (χ1) is 19.7. The van der Waals surface area contributed by atoms with E-state index in [-0.39, 0.29) is 12.2 Å². The SMILES string of the molecule is CC/C(=C1\c2cc3cnn(-c4ccc(C(=O)O)cc4)c3cc2COc2ncccc21)c1cccc(NS(C)(=O)=O)c1. The topological polar surface area (TPSA) is 123 Å². The van der Waals surface area contributed by atoms with Gasteiger partial charge in [0.15, 0.2) is 0 Å². The van der Waals surface area contributed by atoms with Gasteiger partial charge in [-0.3, -0.25) is 4.72 Å². The lowest BCUT2D eigenvalue weighted by atomic mass is 9.86. The molecule has 0 atom stereocenters. The monoisotopic (exact) mass is 566 g/mol. The van der Waals surface area contributed by atoms with E-state index in [1.165, 1.54) is 0 Å². The first kappa shape index (κ1) is 26.3. The van der Waals surface area contributed by atoms with Crippen molar-refractivity contribution in [1.29, 1.82) is 0 Å². The summed E-state index contributed by atoms with van der Waals surface area (Å²) < 4.78 is 34.4. The molecule has 3 aromatic carbocycles. The molecule has 3 heterocycles. The van der Waals surface area contributed by atoms with Crippen molar-refractivity contribution < 1.29 is 23.1 Å². The van der Waals surface area contributed by atoms with Gasteiger partial charge < -0.3 is 9.84 Å². The third-order valence-electron chi connectivity index (χ3n) is 7.00. The molecule has 41 heavy (non-hydrogen) atoms. The Bertz CT molecular complexity index is 1960. The maximum atomic E-state index is 11.9. The molecule has 0 spiro atoms. The van der Waals surface area contributed by atoms with Crippen LogP contribution in [0.2, 0.25) is 0 Å². The molecule has 0 fully saturated rings. The third kappa shape index (κ3) is 5.05. The molecular formula is C31H26N4O5S. The zero-order valence-electron chi connectivity index (χ0n) is 22.3. The lowest BCUT2D eigenvalue weighted by Crippen LogP contribution is -2.09. The van der Waals surface area contributed by atoms with Gasteiger partial charge in [0.05, 0.1) is 29.2 Å². The molecule has 0 saturated carbocycles. The fraction of sp³-hybridized carbons (Fsp3) is 0.129. The number of aromatic carboxylic acids is 1. The van der Waals surface area contributed by atoms with E-state index in [0.717, 1.165) is 56.2 Å². The summed E-state index contributed by atoms with van der Waals surface area (Å²) in [5.41, 5.74) is 7.90. The van der Waals surface area contributed by atoms with Crippen LogP contribution in [0.5, 0.6) is 5.88 Å². The summed E-state index contributed by atoms with van der Waals surface area (Å²) in [5, 5.41) is 14.8. The van der Waals surface area contributed by atoms with Gasteiger partial charge >= 0.3 is 5.97 Å². The van der Waals surface area contributed by atoms with E-state index in [2.05, 4.69) is 27.8 Å². The van der Waals surface area contributed by atoms with E-state index in [0.29, 0.717) is 18.0 Å². The smallest absolute Gasteiger partial charge is 0.335 e. The van der Waals surface area contributed by atoms with Crippen LogP contribution in [0.4, 0.5) is 5.69 Å². The first-order valence-electron chi connectivity index (χ1n) is 13.0. The van der Waals surface area contributed by atoms with Crippen LogP contribution in [0.3, 0.4) is 0 Å². The lowest BCUT2D eigenvalue weighted by Gasteiger charge is -2.18. The summed E-state index contributed by atoms with van der Waals surface area (Å²) >= 11 is 0. The molecule has 10 heteroatoms. The number of carbonyl (C=O) groups is 1. The number of aromatic nitrogens is 3. The summed E-state index contributed by atoms with van der Waals surface area (Å²) in [6.45, 7) is 2.35. The van der Waals surface area contributed by atoms with Gasteiger partial charge in [-0.25, -0.2) is 22.9 Å². The van der Waals surface area contributed by atoms with Crippen molar-refractivity contribution in [1.82, 2.24) is 14.8 Å². The molecule has 2 N–H and O–H groups in total. The number of anilines is 1. The zero-order chi connectivity index (χ0) is 28.7. The number of benzene rings is 3. The van der Waals surface area contributed by atoms with Gasteiger partial charge in [0, 0.05) is 22.8 Å². The summed E-state index contributed by atoms with van der Waals surface area (Å²) in [7, 11) is -3.44. The zero-order valence-corrected chi connectivity index (χ0v) is 23.1. The van der Waals surface area contributed by atoms with Crippen molar-refractivity contribution in [2.24, 2.45) is 0 Å². The number of carboxylic acids is 1. The van der Waals surface area contributed by atoms with Crippen molar-refractivity contribution in [3.05, 3.63) is 113 Å². The quantitative estimate of drug-likeness (QED) is 0.268. The van der Waals surface area contributed by atoms with Crippen molar-refractivity contribution in [3.8, 4) is 11.6 Å². The molecule has 0 saturated heterocycles. The molecular weight excluding hydrogens is 540 g/mol. The number of fused-ring (bicyclic) bond motifs is 3. The molecule has 0 radical (unpaired) electrons. The van der Waals surface area contributed by atoms with Crippen LogP contribution in [0.1, 0.15) is 46.0 Å². The predicted octanol–water partition coefficient (Wildman–Crippen LogP) is 5.75. The summed E-state index contributed by atoms with van der Waals surface area (Å²) in [6, 6.07) is 21.9. The largest absolute Gasteiger partial charge is 0.478 e. The molecule has 2 aromatic heterocycles. The molecule has 0 amide bonds. The minimum Gasteiger partial charge on any atom is -0.478 e. The Labute approximate surface area is 236 Å². The first-order valence-corrected chi connectivity index (χ1v) is 14.9. The number of nitrogens with one attached hydrogen (secondary N) is 1. The van der Waals surface area contributed by atoms with Crippen LogP contribution in [0.25, 0.3) is 27.7 Å². The van der Waals surface area contributed by atoms with Crippen molar-refractivity contribution >= 4 is 43.7 Å². The number of hydrogen-bond donors (Lipinski definition) is 2. The van der Waals surface area contributed by atoms with Crippen LogP contribution in [-0.4, -0.2) is 40.5 Å². The van der Waals surface area contributed by atoms with Gasteiger partial charge in [-0.05, 0) is 94.9 Å². The Morgan fingerprint density at radius 1 is 1.02 bits per heavy atom. The van der Waals surface area contributed by atoms with Crippen molar-refractivity contribution in [3.63, 3.8) is 0 Å². The number of rotatable bonds is 6. The number of pyridine rings is 1. The van der Waals surface area contributed by atoms with E-state index in [4.69, 9.17) is 4.74 Å². The third-order valence-corrected chi connectivity index (χ3v) is 7.60. The fourth-order valence-corrected chi connectivity index (χ4v) is 5.80. The molecule has 9 nitrogen and oxygen atoms in total. The normalized spacial score (nSPS) is 14.0. The number of nitrogens with zero attached hydrogens (tertiary/aromatic N) is 3. The van der Waals surface area contributed by atoms with Crippen LogP contribution in [0, 0.1) is 0 Å². The Kier molecular flexibility index (Phi) is 6.55. The maximum absolute atomic E-state index is 11.9. The van der Waals surface area contributed by atoms with Gasteiger partial charge in [0.1, 0.15) is 6.61 Å². The molecule has 0 bridgehead atoms. The Balaban J connectivity index is 1.56. The average Bonchev–Trinajstić information content (AvgIpc) is 3.29. The average molecular weight is 567 g/mol. The molecule has 1 aliphatic rings. The van der Waals surface area contributed by atoms with Crippen LogP contribution < -0.4 is 9.46 Å². The van der Waals surface area contributed by atoms with Crippen molar-refractivity contribution in [2.75, 3.05) is 11.0 Å². The Hall–Kier alpha value is -4.96. The van der Waals surface area contributed by atoms with E-state index < -0.39 is 16.0 Å². The van der Waals surface area contributed by atoms with E-state index >= 15 is 0 Å². The highest BCUT2D eigenvalue weighted by Gasteiger charge is 2.25. The second kappa shape index (κ2) is 10.2. The minimum atomic E-state index is -3.44. The number of sulfonamides is 1. The highest BCUT2D eigenvalue weighted by molar-refractivity contribution is 7.92. The van der Waals surface area contributed by atoms with E-state index in [9.17, 15) is 18.3 Å². The summed E-state index contributed by atoms with van der Waals surface area (Å²) in [6.07, 6.45) is 5.28. The van der Waals surface area contributed by atoms with Gasteiger partial charge in [-0.2, -0.15) is 5.10 Å². The number of allylic oxidation sites excluding steroid dienone is 1. The van der Waals surface area contributed by atoms with Gasteiger partial charge in [0.2, 0.25) is 15.9 Å². The molecule has 5 aromatic rings. The van der Waals surface area contributed by atoms with Crippen LogP contribution in [-0.2, 0) is 16.6 Å². The second-order valence-electron chi connectivity index (χ2n) is 9.78. The molecule has 0 aliphatic carbocycles. The molecule has 6 rings (SSSR count). The second-order valence-corrected chi connectivity index (χ2v) is 11.5. The molecule has 0 unspecified atom stereocenters. The Morgan fingerprint density at radius 2 is 1.83 bits per heavy atom. The summed E-state index contributed by atoms with van der Waals surface area (Å²) in [5.74, 6) is -0.466. The lowest BCUT2D eigenvalue weighted by molar-refractivity contribution is 0.0697. The van der Waals surface area contributed by atoms with Gasteiger partial charge in [-0.15, -0.1) is 0 Å². The molecule has 206 valence electrons. The van der Waals surface area contributed by atoms with Crippen LogP contribution in [0.15, 0.2) is 85.2 Å². The maximum Gasteiger partial charge on any atom is 0.335 e. The number of carboxylic acid groups (broad SMARTS) is 1. The van der Waals surface area contributed by atoms with E-state index in [1.54, 1.807) is 47.4 Å². The van der Waals surface area contributed by atoms with Crippen molar-refractivity contribution in [2.45, 2.75) is 20.0 Å². The Morgan fingerprint density at radius 3 is 2.56 bits per heavy atom. The van der Waals surface area contributed by atoms with Crippen LogP contribution >= 0.6 is 0 Å².